The molecule has 7 N–H and O–H groups in total. The number of hydrogen-bond acceptors (Lipinski definition) is 13. The molecule has 2 aliphatic rings. The summed E-state index contributed by atoms with van der Waals surface area (Å²) in [5.41, 5.74) is 13.7. The molecule has 0 bridgehead atoms. The number of H-pyrrole nitrogens is 2. The zero-order chi connectivity index (χ0) is 30.6. The molecule has 6 rings (SSSR count). The van der Waals surface area contributed by atoms with Crippen molar-refractivity contribution in [3.8, 4) is 6.01 Å². The third-order valence-corrected chi connectivity index (χ3v) is 5.65. The second-order valence-electron chi connectivity index (χ2n) is 8.33. The predicted molar refractivity (Wildman–Crippen MR) is 159 cm³/mol. The number of aryl methyl sites for hydroxylation is 2. The minimum Gasteiger partial charge on any atom is -0.857 e. The second-order valence-corrected chi connectivity index (χ2v) is 9.08. The van der Waals surface area contributed by atoms with Crippen molar-refractivity contribution in [2.45, 2.75) is 52.4 Å². The number of imidazole rings is 2. The monoisotopic (exact) mass is 664 g/mol. The van der Waals surface area contributed by atoms with Crippen LogP contribution in [0.4, 0.5) is 11.6 Å². The summed E-state index contributed by atoms with van der Waals surface area (Å²) in [7, 11) is 3.27. The number of fused-ring (bicyclic) bond motifs is 2. The van der Waals surface area contributed by atoms with Gasteiger partial charge in [0, 0.05) is 33.5 Å². The fraction of sp³-hybridized carbons (Fsp3) is 0.600. The number of nitrogens with one attached hydrogen (secondary N) is 2. The molecule has 17 heteroatoms. The van der Waals surface area contributed by atoms with Gasteiger partial charge in [0.15, 0.2) is 27.7 Å². The number of anilines is 2. The Bertz CT molecular complexity index is 1230. The molecule has 4 aromatic heterocycles. The van der Waals surface area contributed by atoms with Crippen molar-refractivity contribution >= 4 is 49.9 Å². The van der Waals surface area contributed by atoms with Crippen LogP contribution in [0.3, 0.4) is 0 Å². The maximum absolute atomic E-state index is 8.25. The number of methoxy groups -OCH3 is 1. The predicted octanol–water partition coefficient (Wildman–Crippen LogP) is -0.779. The first-order chi connectivity index (χ1) is 19.9. The zero-order valence-corrected chi connectivity index (χ0v) is 29.0. The van der Waals surface area contributed by atoms with Gasteiger partial charge in [-0.2, -0.15) is 12.1 Å². The fourth-order valence-electron chi connectivity index (χ4n) is 3.49. The molecular weight excluding hydrogens is 623 g/mol. The van der Waals surface area contributed by atoms with Gasteiger partial charge in [-0.05, 0) is 68.3 Å². The van der Waals surface area contributed by atoms with Crippen LogP contribution in [-0.2, 0) is 9.47 Å². The summed E-state index contributed by atoms with van der Waals surface area (Å²) in [6.07, 6.45) is 7.86. The van der Waals surface area contributed by atoms with Gasteiger partial charge in [-0.15, -0.1) is 0 Å². The summed E-state index contributed by atoms with van der Waals surface area (Å²) in [6, 6.07) is 0.390. The minimum absolute atomic E-state index is 0. The molecule has 2 saturated heterocycles. The van der Waals surface area contributed by atoms with E-state index in [-0.39, 0.29) is 29.6 Å². The third-order valence-electron chi connectivity index (χ3n) is 5.28. The second kappa shape index (κ2) is 23.3. The van der Waals surface area contributed by atoms with E-state index in [1.54, 1.807) is 13.8 Å². The molecule has 2 aliphatic heterocycles. The average Bonchev–Trinajstić information content (AvgIpc) is 3.61. The normalized spacial score (nSPS) is 13.5. The molecule has 0 aromatic carbocycles. The molecule has 0 spiro atoms. The van der Waals surface area contributed by atoms with E-state index < -0.39 is 0 Å². The molecular formula is C25H42BrN10NaO5. The fourth-order valence-corrected chi connectivity index (χ4v) is 3.85. The largest absolute Gasteiger partial charge is 1.00 e. The first-order valence-corrected chi connectivity index (χ1v) is 13.9. The van der Waals surface area contributed by atoms with Gasteiger partial charge in [-0.3, -0.25) is 0 Å². The van der Waals surface area contributed by atoms with Crippen molar-refractivity contribution in [2.24, 2.45) is 0 Å². The number of nitrogens with zero attached hydrogens (tertiary/aromatic N) is 6. The van der Waals surface area contributed by atoms with Crippen molar-refractivity contribution in [3.63, 3.8) is 0 Å². The molecule has 4 aromatic rings. The summed E-state index contributed by atoms with van der Waals surface area (Å²) in [4.78, 5) is 30.0. The molecule has 230 valence electrons. The van der Waals surface area contributed by atoms with E-state index in [1.165, 1.54) is 45.6 Å². The quantitative estimate of drug-likeness (QED) is 0.124. The number of aliphatic hydroxyl groups excluding tert-OH is 1. The van der Waals surface area contributed by atoms with Gasteiger partial charge in [0.05, 0.1) is 7.11 Å². The number of rotatable bonds is 1. The Morgan fingerprint density at radius 3 is 1.48 bits per heavy atom. The Hall–Kier alpha value is -2.18. The number of aromatic nitrogens is 8. The molecule has 42 heavy (non-hydrogen) atoms. The van der Waals surface area contributed by atoms with E-state index >= 15 is 0 Å². The number of ether oxygens (including phenoxy) is 3. The average molecular weight is 666 g/mol. The molecule has 0 aliphatic carbocycles. The maximum atomic E-state index is 8.25. The van der Waals surface area contributed by atoms with Crippen molar-refractivity contribution in [1.29, 1.82) is 0 Å². The third kappa shape index (κ3) is 14.3. The molecule has 0 atom stereocenters. The first-order valence-electron chi connectivity index (χ1n) is 13.1. The number of aromatic amines is 2. The van der Waals surface area contributed by atoms with Gasteiger partial charge in [-0.1, -0.05) is 0 Å². The van der Waals surface area contributed by atoms with Crippen molar-refractivity contribution < 1.29 is 54.0 Å². The van der Waals surface area contributed by atoms with Gasteiger partial charge in [0.25, 0.3) is 6.01 Å². The number of hydrogen-bond donors (Lipinski definition) is 5. The Balaban J connectivity index is 0.000000533. The van der Waals surface area contributed by atoms with Gasteiger partial charge in [0.1, 0.15) is 22.7 Å². The first kappa shape index (κ1) is 39.8. The van der Waals surface area contributed by atoms with E-state index in [2.05, 4.69) is 55.8 Å². The summed E-state index contributed by atoms with van der Waals surface area (Å²) in [5.74, 6) is 2.03. The van der Waals surface area contributed by atoms with Gasteiger partial charge in [0.2, 0.25) is 0 Å². The number of halogens is 1. The van der Waals surface area contributed by atoms with Crippen LogP contribution in [0.15, 0.2) is 4.73 Å². The molecule has 0 unspecified atom stereocenters. The molecule has 0 radical (unpaired) electrons. The van der Waals surface area contributed by atoms with Crippen LogP contribution in [0.25, 0.3) is 22.3 Å². The zero-order valence-electron chi connectivity index (χ0n) is 25.4. The summed E-state index contributed by atoms with van der Waals surface area (Å²) in [5, 5.41) is 15.2. The molecule has 0 saturated carbocycles. The number of aliphatic hydroxyl groups is 1. The van der Waals surface area contributed by atoms with Gasteiger partial charge < -0.3 is 45.9 Å². The van der Waals surface area contributed by atoms with Crippen LogP contribution in [-0.4, -0.2) is 92.7 Å². The van der Waals surface area contributed by atoms with Crippen molar-refractivity contribution in [2.75, 3.05) is 59.2 Å². The van der Waals surface area contributed by atoms with Crippen LogP contribution < -0.4 is 50.9 Å². The number of nitrogens with two attached hydrogens (primary N) is 2. The van der Waals surface area contributed by atoms with E-state index in [0.717, 1.165) is 40.6 Å². The van der Waals surface area contributed by atoms with Crippen LogP contribution >= 0.6 is 15.9 Å². The summed E-state index contributed by atoms with van der Waals surface area (Å²) >= 11 is 3.19. The Kier molecular flexibility index (Phi) is 22.1. The molecule has 0 amide bonds. The summed E-state index contributed by atoms with van der Waals surface area (Å²) < 4.78 is 15.7. The standard InChI is InChI=1S/C7H9N5O.C6H6BrN5.2C5H10O.CH4O.CH3O.Na/c1-3-9-5(8)4-6(10-3)12-7(11-4)13-2;1-2-9-4(8)3-5(10-2)12-6(7)11-3;2*1-2-4-6-5-3-1;2*1-2;/h1-2H3,(H3,8,9,10,11,12);1H3,(H3,8,9,10,11,12);2*1-5H2;2H,1H3;1H3;/q;;;;;-1;+1. The SMILES string of the molecule is C1CCOCC1.C1CCOCC1.CO.COc1nc2nc(C)nc(N)c2[nH]1.C[O-].Cc1nc(N)c2[nH]c(Br)nc2n1.[Na+]. The molecule has 6 heterocycles. The van der Waals surface area contributed by atoms with E-state index in [1.807, 2.05) is 0 Å². The smallest absolute Gasteiger partial charge is 0.857 e. The van der Waals surface area contributed by atoms with Crippen LogP contribution in [0.2, 0.25) is 0 Å². The van der Waals surface area contributed by atoms with Gasteiger partial charge in [-0.25, -0.2) is 24.9 Å². The molecule has 15 nitrogen and oxygen atoms in total. The Morgan fingerprint density at radius 2 is 1.12 bits per heavy atom. The van der Waals surface area contributed by atoms with Crippen molar-refractivity contribution in [3.05, 3.63) is 16.4 Å². The Labute approximate surface area is 276 Å². The van der Waals surface area contributed by atoms with E-state index in [9.17, 15) is 0 Å². The van der Waals surface area contributed by atoms with Crippen LogP contribution in [0, 0.1) is 13.8 Å². The topological polar surface area (TPSA) is 232 Å². The van der Waals surface area contributed by atoms with Crippen LogP contribution in [0.1, 0.15) is 50.2 Å². The Morgan fingerprint density at radius 1 is 0.714 bits per heavy atom. The number of nitrogen functional groups attached to an aromatic ring is 2. The minimum atomic E-state index is 0. The maximum Gasteiger partial charge on any atom is 1.00 e. The van der Waals surface area contributed by atoms with Crippen molar-refractivity contribution in [1.82, 2.24) is 39.9 Å². The van der Waals surface area contributed by atoms with E-state index in [0.29, 0.717) is 56.4 Å². The van der Waals surface area contributed by atoms with E-state index in [4.69, 9.17) is 35.9 Å². The van der Waals surface area contributed by atoms with Gasteiger partial charge >= 0.3 is 29.6 Å². The molecule has 2 fully saturated rings. The van der Waals surface area contributed by atoms with Crippen LogP contribution in [0.5, 0.6) is 6.01 Å². The summed E-state index contributed by atoms with van der Waals surface area (Å²) in [6.45, 7) is 7.54.